The van der Waals surface area contributed by atoms with E-state index in [0.717, 1.165) is 11.8 Å². The Morgan fingerprint density at radius 1 is 1.09 bits per heavy atom. The third-order valence-electron chi connectivity index (χ3n) is 4.84. The molecule has 0 radical (unpaired) electrons. The number of benzene rings is 3. The van der Waals surface area contributed by atoms with Gasteiger partial charge in [-0.25, -0.2) is 8.42 Å². The minimum Gasteiger partial charge on any atom is -0.489 e. The smallest absolute Gasteiger partial charge is 0.310 e. The Kier molecular flexibility index (Phi) is 10.5. The number of aryl methyl sites for hydroxylation is 1. The van der Waals surface area contributed by atoms with Crippen molar-refractivity contribution >= 4 is 43.8 Å². The fourth-order valence-electron chi connectivity index (χ4n) is 3.09. The van der Waals surface area contributed by atoms with Gasteiger partial charge in [-0.2, -0.15) is 0 Å². The van der Waals surface area contributed by atoms with Crippen molar-refractivity contribution in [1.29, 1.82) is 5.41 Å². The summed E-state index contributed by atoms with van der Waals surface area (Å²) in [4.78, 5) is 11.8. The first kappa shape index (κ1) is 28.1. The van der Waals surface area contributed by atoms with Crippen molar-refractivity contribution in [1.82, 2.24) is 0 Å². The van der Waals surface area contributed by atoms with Gasteiger partial charge in [-0.1, -0.05) is 65.7 Å². The monoisotopic (exact) mass is 560 g/mol. The van der Waals surface area contributed by atoms with Gasteiger partial charge < -0.3 is 14.9 Å². The molecule has 0 aromatic heterocycles. The summed E-state index contributed by atoms with van der Waals surface area (Å²) < 4.78 is 39.5. The predicted octanol–water partition coefficient (Wildman–Crippen LogP) is 5.88. The van der Waals surface area contributed by atoms with Crippen LogP contribution in [0.2, 0.25) is 0 Å². The maximum absolute atomic E-state index is 12.9. The minimum absolute atomic E-state index is 0.0741. The summed E-state index contributed by atoms with van der Waals surface area (Å²) in [5, 5.41) is 7.72. The Bertz CT molecular complexity index is 1280. The lowest BCUT2D eigenvalue weighted by atomic mass is 10.1. The Morgan fingerprint density at radius 3 is 2.37 bits per heavy atom. The van der Waals surface area contributed by atoms with Crippen LogP contribution in [0.15, 0.2) is 70.0 Å². The van der Waals surface area contributed by atoms with E-state index in [1.54, 1.807) is 48.5 Å². The molecular formula is C26H29BrN2O5S. The third kappa shape index (κ3) is 7.66. The highest BCUT2D eigenvalue weighted by Gasteiger charge is 2.18. The first-order valence-electron chi connectivity index (χ1n) is 10.9. The maximum Gasteiger partial charge on any atom is 0.310 e. The molecule has 3 rings (SSSR count). The number of methoxy groups -OCH3 is 1. The number of anilines is 1. The molecule has 0 saturated heterocycles. The lowest BCUT2D eigenvalue weighted by Gasteiger charge is -2.15. The van der Waals surface area contributed by atoms with Crippen LogP contribution in [0.3, 0.4) is 0 Å². The Hall–Kier alpha value is -3.17. The average Bonchev–Trinajstić information content (AvgIpc) is 2.84. The van der Waals surface area contributed by atoms with Crippen LogP contribution in [0, 0.1) is 12.3 Å². The molecule has 0 spiro atoms. The van der Waals surface area contributed by atoms with Crippen molar-refractivity contribution in [2.24, 2.45) is 0 Å². The first-order valence-corrected chi connectivity index (χ1v) is 13.2. The Morgan fingerprint density at radius 2 is 1.74 bits per heavy atom. The van der Waals surface area contributed by atoms with Crippen LogP contribution in [0.1, 0.15) is 36.1 Å². The highest BCUT2D eigenvalue weighted by molar-refractivity contribution is 9.10. The van der Waals surface area contributed by atoms with E-state index in [-0.39, 0.29) is 29.6 Å². The van der Waals surface area contributed by atoms with Crippen molar-refractivity contribution in [3.63, 3.8) is 0 Å². The SMILES string of the molecule is CC.COC(=O)Cc1ccccc1OCc1cc(Br)c(C=N)c(NS(=O)(=O)c2ccc(C)cc2)c1. The fourth-order valence-corrected chi connectivity index (χ4v) is 4.78. The highest BCUT2D eigenvalue weighted by Crippen LogP contribution is 2.29. The summed E-state index contributed by atoms with van der Waals surface area (Å²) in [5.41, 5.74) is 2.94. The summed E-state index contributed by atoms with van der Waals surface area (Å²) in [6.07, 6.45) is 1.15. The quantitative estimate of drug-likeness (QED) is 0.251. The van der Waals surface area contributed by atoms with E-state index >= 15 is 0 Å². The summed E-state index contributed by atoms with van der Waals surface area (Å²) in [6, 6.07) is 17.0. The molecule has 3 aromatic rings. The number of ether oxygens (including phenoxy) is 2. The Labute approximate surface area is 215 Å². The molecule has 0 aliphatic carbocycles. The topological polar surface area (TPSA) is 106 Å². The second-order valence-electron chi connectivity index (χ2n) is 7.25. The summed E-state index contributed by atoms with van der Waals surface area (Å²) >= 11 is 3.41. The van der Waals surface area contributed by atoms with Gasteiger partial charge in [0.15, 0.2) is 0 Å². The molecule has 0 heterocycles. The Balaban J connectivity index is 0.00000210. The van der Waals surface area contributed by atoms with Crippen LogP contribution in [-0.2, 0) is 32.6 Å². The molecule has 0 amide bonds. The number of nitrogens with one attached hydrogen (secondary N) is 2. The third-order valence-corrected chi connectivity index (χ3v) is 6.88. The molecule has 0 aliphatic rings. The van der Waals surface area contributed by atoms with Gasteiger partial charge in [-0.15, -0.1) is 0 Å². The van der Waals surface area contributed by atoms with E-state index in [9.17, 15) is 13.2 Å². The molecule has 186 valence electrons. The summed E-state index contributed by atoms with van der Waals surface area (Å²) in [6.45, 7) is 6.00. The van der Waals surface area contributed by atoms with Gasteiger partial charge in [0.25, 0.3) is 10.0 Å². The van der Waals surface area contributed by atoms with Crippen LogP contribution in [0.5, 0.6) is 5.75 Å². The number of carbonyl (C=O) groups is 1. The molecular weight excluding hydrogens is 532 g/mol. The van der Waals surface area contributed by atoms with Crippen molar-refractivity contribution in [3.05, 3.63) is 87.4 Å². The number of hydrogen-bond donors (Lipinski definition) is 2. The summed E-state index contributed by atoms with van der Waals surface area (Å²) in [7, 11) is -2.53. The molecule has 0 atom stereocenters. The van der Waals surface area contributed by atoms with Crippen LogP contribution < -0.4 is 9.46 Å². The number of rotatable bonds is 9. The molecule has 35 heavy (non-hydrogen) atoms. The van der Waals surface area contributed by atoms with Crippen molar-refractivity contribution in [2.45, 2.75) is 38.7 Å². The minimum atomic E-state index is -3.85. The molecule has 3 aromatic carbocycles. The number of para-hydroxylation sites is 1. The molecule has 0 aliphatic heterocycles. The summed E-state index contributed by atoms with van der Waals surface area (Å²) in [5.74, 6) is 0.147. The average molecular weight is 561 g/mol. The van der Waals surface area contributed by atoms with Crippen molar-refractivity contribution < 1.29 is 22.7 Å². The van der Waals surface area contributed by atoms with Gasteiger partial charge >= 0.3 is 5.97 Å². The normalized spacial score (nSPS) is 10.5. The second kappa shape index (κ2) is 13.1. The van der Waals surface area contributed by atoms with E-state index in [4.69, 9.17) is 14.9 Å². The van der Waals surface area contributed by atoms with E-state index in [0.29, 0.717) is 26.9 Å². The molecule has 0 bridgehead atoms. The van der Waals surface area contributed by atoms with Crippen LogP contribution in [0.4, 0.5) is 5.69 Å². The first-order chi connectivity index (χ1) is 16.7. The maximum atomic E-state index is 12.9. The number of esters is 1. The number of halogens is 1. The standard InChI is InChI=1S/C24H23BrN2O5S.C2H6/c1-16-7-9-19(10-8-16)33(29,30)27-22-12-17(11-21(25)20(22)14-26)15-32-23-6-4-3-5-18(23)13-24(28)31-2;1-2/h3-12,14,26-27H,13,15H2,1-2H3;1-2H3. The van der Waals surface area contributed by atoms with Crippen LogP contribution in [0.25, 0.3) is 0 Å². The van der Waals surface area contributed by atoms with E-state index < -0.39 is 10.0 Å². The zero-order valence-electron chi connectivity index (χ0n) is 20.1. The number of carbonyl (C=O) groups excluding carboxylic acids is 1. The molecule has 7 nitrogen and oxygen atoms in total. The van der Waals surface area contributed by atoms with E-state index in [2.05, 4.69) is 20.7 Å². The molecule has 2 N–H and O–H groups in total. The van der Waals surface area contributed by atoms with Gasteiger partial charge in [0, 0.05) is 21.8 Å². The predicted molar refractivity (Wildman–Crippen MR) is 142 cm³/mol. The van der Waals surface area contributed by atoms with Gasteiger partial charge in [-0.3, -0.25) is 9.52 Å². The highest BCUT2D eigenvalue weighted by atomic mass is 79.9. The zero-order chi connectivity index (χ0) is 26.0. The number of sulfonamides is 1. The van der Waals surface area contributed by atoms with E-state index in [1.807, 2.05) is 20.8 Å². The fraction of sp³-hybridized carbons (Fsp3) is 0.231. The molecule has 9 heteroatoms. The largest absolute Gasteiger partial charge is 0.489 e. The van der Waals surface area contributed by atoms with Crippen molar-refractivity contribution in [2.75, 3.05) is 11.8 Å². The lowest BCUT2D eigenvalue weighted by molar-refractivity contribution is -0.139. The second-order valence-corrected chi connectivity index (χ2v) is 9.79. The lowest BCUT2D eigenvalue weighted by Crippen LogP contribution is -2.15. The van der Waals surface area contributed by atoms with Gasteiger partial charge in [0.1, 0.15) is 12.4 Å². The van der Waals surface area contributed by atoms with Gasteiger partial charge in [-0.05, 0) is 42.8 Å². The van der Waals surface area contributed by atoms with Gasteiger partial charge in [0.2, 0.25) is 0 Å². The van der Waals surface area contributed by atoms with Crippen LogP contribution in [-0.4, -0.2) is 27.7 Å². The molecule has 0 fully saturated rings. The molecule has 0 saturated carbocycles. The van der Waals surface area contributed by atoms with E-state index in [1.165, 1.54) is 19.2 Å². The zero-order valence-corrected chi connectivity index (χ0v) is 22.5. The number of hydrogen-bond acceptors (Lipinski definition) is 6. The van der Waals surface area contributed by atoms with Gasteiger partial charge in [0.05, 0.1) is 24.1 Å². The van der Waals surface area contributed by atoms with Crippen molar-refractivity contribution in [3.8, 4) is 5.75 Å². The molecule has 0 unspecified atom stereocenters. The van der Waals surface area contributed by atoms with Crippen LogP contribution >= 0.6 is 15.9 Å².